The molecule has 2 N–H and O–H groups in total. The molecule has 3 aliphatic rings. The molecule has 0 atom stereocenters. The summed E-state index contributed by atoms with van der Waals surface area (Å²) < 4.78 is 35.1. The number of aryl methyl sites for hydroxylation is 1. The Kier molecular flexibility index (Phi) is 6.48. The van der Waals surface area contributed by atoms with Crippen LogP contribution >= 0.6 is 11.6 Å². The topological polar surface area (TPSA) is 98.1 Å². The van der Waals surface area contributed by atoms with Crippen molar-refractivity contribution in [1.82, 2.24) is 14.6 Å². The quantitative estimate of drug-likeness (QED) is 0.587. The number of hydrogen-bond donors (Lipinski definition) is 1. The number of halogens is 3. The maximum atomic E-state index is 13.8. The number of carbonyl (C=O) groups excluding carboxylic acids is 1. The summed E-state index contributed by atoms with van der Waals surface area (Å²) in [4.78, 5) is 22.9. The molecule has 0 bridgehead atoms. The SMILES string of the molecule is C=CN=C1C=C(Cl)C=C/C1=C\c1c(C)nc2c(C(N)=O)c(C(F)F)nn2c1N1CC(OC2CCC2)C1. The molecular weight excluding hydrogens is 490 g/mol. The van der Waals surface area contributed by atoms with Crippen molar-refractivity contribution in [3.8, 4) is 0 Å². The van der Waals surface area contributed by atoms with Gasteiger partial charge in [-0.25, -0.2) is 13.8 Å². The van der Waals surface area contributed by atoms with E-state index < -0.39 is 18.0 Å². The lowest BCUT2D eigenvalue weighted by Gasteiger charge is -2.44. The van der Waals surface area contributed by atoms with Crippen LogP contribution in [-0.4, -0.2) is 51.5 Å². The smallest absolute Gasteiger partial charge is 0.283 e. The maximum absolute atomic E-state index is 13.8. The van der Waals surface area contributed by atoms with Crippen LogP contribution in [0.25, 0.3) is 11.7 Å². The molecular formula is C25H25ClF2N6O2. The number of carbonyl (C=O) groups is 1. The third kappa shape index (κ3) is 4.35. The summed E-state index contributed by atoms with van der Waals surface area (Å²) in [6.45, 7) is 6.51. The molecule has 1 aliphatic heterocycles. The van der Waals surface area contributed by atoms with Gasteiger partial charge in [-0.1, -0.05) is 24.3 Å². The van der Waals surface area contributed by atoms with Gasteiger partial charge in [-0.15, -0.1) is 0 Å². The largest absolute Gasteiger partial charge is 0.371 e. The Bertz CT molecular complexity index is 1370. The normalized spacial score (nSPS) is 20.8. The van der Waals surface area contributed by atoms with E-state index in [0.717, 1.165) is 18.4 Å². The third-order valence-corrected chi connectivity index (χ3v) is 6.79. The molecule has 3 heterocycles. The summed E-state index contributed by atoms with van der Waals surface area (Å²) in [7, 11) is 0. The van der Waals surface area contributed by atoms with Gasteiger partial charge in [-0.05, 0) is 44.4 Å². The van der Waals surface area contributed by atoms with Crippen molar-refractivity contribution < 1.29 is 18.3 Å². The zero-order valence-electron chi connectivity index (χ0n) is 19.6. The molecule has 8 nitrogen and oxygen atoms in total. The van der Waals surface area contributed by atoms with E-state index >= 15 is 0 Å². The first-order chi connectivity index (χ1) is 17.3. The van der Waals surface area contributed by atoms with Crippen molar-refractivity contribution >= 4 is 40.8 Å². The van der Waals surface area contributed by atoms with Gasteiger partial charge in [-0.3, -0.25) is 9.79 Å². The fourth-order valence-electron chi connectivity index (χ4n) is 4.51. The van der Waals surface area contributed by atoms with Crippen molar-refractivity contribution in [1.29, 1.82) is 0 Å². The molecule has 188 valence electrons. The van der Waals surface area contributed by atoms with E-state index in [-0.39, 0.29) is 23.4 Å². The molecule has 0 spiro atoms. The number of aromatic nitrogens is 3. The van der Waals surface area contributed by atoms with Crippen LogP contribution in [0.3, 0.4) is 0 Å². The van der Waals surface area contributed by atoms with E-state index in [9.17, 15) is 13.6 Å². The van der Waals surface area contributed by atoms with Gasteiger partial charge in [0.2, 0.25) is 0 Å². The van der Waals surface area contributed by atoms with Gasteiger partial charge in [0.05, 0.1) is 23.6 Å². The first-order valence-electron chi connectivity index (χ1n) is 11.6. The predicted octanol–water partition coefficient (Wildman–Crippen LogP) is 4.49. The minimum absolute atomic E-state index is 0.00193. The zero-order valence-corrected chi connectivity index (χ0v) is 20.4. The van der Waals surface area contributed by atoms with E-state index in [4.69, 9.17) is 22.1 Å². The number of nitrogens with two attached hydrogens (primary N) is 1. The van der Waals surface area contributed by atoms with Crippen LogP contribution in [0.1, 0.15) is 53.0 Å². The third-order valence-electron chi connectivity index (χ3n) is 6.55. The average molecular weight is 515 g/mol. The van der Waals surface area contributed by atoms with Crippen LogP contribution in [0.2, 0.25) is 0 Å². The monoisotopic (exact) mass is 514 g/mol. The average Bonchev–Trinajstić information content (AvgIpc) is 3.14. The summed E-state index contributed by atoms with van der Waals surface area (Å²) in [6, 6.07) is 0. The standard InChI is InChI=1S/C25H25ClF2N6O2/c1-3-30-19-10-15(26)8-7-14(19)9-18-13(2)31-24-20(23(29)35)21(22(27)28)32-34(24)25(18)33-11-17(12-33)36-16-5-4-6-16/h3,7-10,16-17,22H,1,4-6,11-12H2,2H3,(H2,29,35)/b14-9+,30-19?. The molecule has 11 heteroatoms. The van der Waals surface area contributed by atoms with Crippen molar-refractivity contribution in [3.05, 3.63) is 64.1 Å². The minimum atomic E-state index is -2.99. The molecule has 2 aromatic rings. The highest BCUT2D eigenvalue weighted by Gasteiger charge is 2.36. The number of allylic oxidation sites excluding steroid dienone is 5. The molecule has 5 rings (SSSR count). The molecule has 2 aliphatic carbocycles. The number of ether oxygens (including phenoxy) is 1. The second kappa shape index (κ2) is 9.59. The summed E-state index contributed by atoms with van der Waals surface area (Å²) in [5, 5.41) is 4.62. The second-order valence-electron chi connectivity index (χ2n) is 8.97. The molecule has 36 heavy (non-hydrogen) atoms. The van der Waals surface area contributed by atoms with Crippen molar-refractivity contribution in [2.24, 2.45) is 10.7 Å². The summed E-state index contributed by atoms with van der Waals surface area (Å²) in [6.07, 6.45) is 9.09. The van der Waals surface area contributed by atoms with Gasteiger partial charge in [0, 0.05) is 35.5 Å². The van der Waals surface area contributed by atoms with Crippen molar-refractivity contribution in [2.45, 2.75) is 44.8 Å². The first kappa shape index (κ1) is 24.3. The number of nitrogens with zero attached hydrogens (tertiary/aromatic N) is 5. The van der Waals surface area contributed by atoms with Crippen LogP contribution in [0.5, 0.6) is 0 Å². The molecule has 1 amide bonds. The molecule has 0 unspecified atom stereocenters. The predicted molar refractivity (Wildman–Crippen MR) is 135 cm³/mol. The highest BCUT2D eigenvalue weighted by atomic mass is 35.5. The van der Waals surface area contributed by atoms with Crippen molar-refractivity contribution in [2.75, 3.05) is 18.0 Å². The minimum Gasteiger partial charge on any atom is -0.371 e. The van der Waals surface area contributed by atoms with E-state index in [0.29, 0.717) is 40.9 Å². The van der Waals surface area contributed by atoms with Gasteiger partial charge < -0.3 is 15.4 Å². The molecule has 1 saturated carbocycles. The molecule has 2 fully saturated rings. The Labute approximate surface area is 211 Å². The van der Waals surface area contributed by atoms with Gasteiger partial charge in [-0.2, -0.15) is 9.61 Å². The summed E-state index contributed by atoms with van der Waals surface area (Å²) in [5.41, 5.74) is 6.88. The Hall–Kier alpha value is -3.37. The van der Waals surface area contributed by atoms with Gasteiger partial charge in [0.15, 0.2) is 5.65 Å². The summed E-state index contributed by atoms with van der Waals surface area (Å²) >= 11 is 6.16. The van der Waals surface area contributed by atoms with Crippen LogP contribution in [0.4, 0.5) is 14.6 Å². The van der Waals surface area contributed by atoms with Crippen LogP contribution < -0.4 is 10.6 Å². The number of amides is 1. The van der Waals surface area contributed by atoms with E-state index in [1.54, 1.807) is 25.2 Å². The van der Waals surface area contributed by atoms with Crippen LogP contribution in [-0.2, 0) is 4.74 Å². The first-order valence-corrected chi connectivity index (χ1v) is 12.0. The Balaban J connectivity index is 1.66. The fraction of sp³-hybridized carbons (Fsp3) is 0.360. The Morgan fingerprint density at radius 3 is 2.69 bits per heavy atom. The lowest BCUT2D eigenvalue weighted by Crippen LogP contribution is -2.55. The summed E-state index contributed by atoms with van der Waals surface area (Å²) in [5.74, 6) is -0.477. The van der Waals surface area contributed by atoms with Crippen molar-refractivity contribution in [3.63, 3.8) is 0 Å². The number of alkyl halides is 2. The Morgan fingerprint density at radius 1 is 1.33 bits per heavy atom. The molecule has 2 aromatic heterocycles. The molecule has 0 radical (unpaired) electrons. The van der Waals surface area contributed by atoms with E-state index in [1.807, 2.05) is 11.0 Å². The zero-order chi connectivity index (χ0) is 25.6. The van der Waals surface area contributed by atoms with Gasteiger partial charge >= 0.3 is 0 Å². The van der Waals surface area contributed by atoms with E-state index in [2.05, 4.69) is 21.7 Å². The maximum Gasteiger partial charge on any atom is 0.283 e. The number of rotatable bonds is 7. The fourth-order valence-corrected chi connectivity index (χ4v) is 4.68. The lowest BCUT2D eigenvalue weighted by molar-refractivity contribution is -0.0616. The van der Waals surface area contributed by atoms with Crippen LogP contribution in [0, 0.1) is 6.92 Å². The number of hydrogen-bond acceptors (Lipinski definition) is 6. The number of fused-ring (bicyclic) bond motifs is 1. The highest BCUT2D eigenvalue weighted by Crippen LogP contribution is 2.36. The lowest BCUT2D eigenvalue weighted by atomic mass is 9.95. The van der Waals surface area contributed by atoms with Crippen LogP contribution in [0.15, 0.2) is 46.6 Å². The number of anilines is 1. The Morgan fingerprint density at radius 2 is 2.08 bits per heavy atom. The molecule has 0 aromatic carbocycles. The highest BCUT2D eigenvalue weighted by molar-refractivity contribution is 6.35. The van der Waals surface area contributed by atoms with E-state index in [1.165, 1.54) is 17.1 Å². The number of aliphatic imine (C=N–C) groups is 1. The number of primary amides is 1. The second-order valence-corrected chi connectivity index (χ2v) is 9.41. The van der Waals surface area contributed by atoms with Gasteiger partial charge in [0.25, 0.3) is 12.3 Å². The van der Waals surface area contributed by atoms with Gasteiger partial charge in [0.1, 0.15) is 17.1 Å². The molecule has 1 saturated heterocycles.